The Labute approximate surface area is 262 Å². The van der Waals surface area contributed by atoms with Gasteiger partial charge in [0, 0.05) is 33.3 Å². The Morgan fingerprint density at radius 2 is 1.18 bits per heavy atom. The summed E-state index contributed by atoms with van der Waals surface area (Å²) in [5.41, 5.74) is 12.7. The number of hydrogen-bond acceptors (Lipinski definition) is 2. The van der Waals surface area contributed by atoms with Crippen LogP contribution in [0.25, 0.3) is 44.2 Å². The van der Waals surface area contributed by atoms with Crippen LogP contribution in [0.5, 0.6) is 0 Å². The highest BCUT2D eigenvalue weighted by Gasteiger charge is 2.47. The number of para-hydroxylation sites is 2. The highest BCUT2D eigenvalue weighted by atomic mass is 16.3. The van der Waals surface area contributed by atoms with E-state index in [-0.39, 0.29) is 0 Å². The lowest BCUT2D eigenvalue weighted by atomic mass is 9.67. The molecule has 1 aromatic heterocycles. The number of hydrogen-bond donors (Lipinski definition) is 1. The zero-order valence-electron chi connectivity index (χ0n) is 24.4. The first-order valence-corrected chi connectivity index (χ1v) is 15.3. The largest absolute Gasteiger partial charge is 0.456 e. The minimum absolute atomic E-state index is 0.596. The first kappa shape index (κ1) is 25.5. The molecule has 0 saturated heterocycles. The van der Waals surface area contributed by atoms with Gasteiger partial charge in [-0.15, -0.1) is 0 Å². The van der Waals surface area contributed by atoms with Crippen molar-refractivity contribution >= 4 is 33.3 Å². The molecule has 0 fully saturated rings. The molecular weight excluding hydrogens is 546 g/mol. The van der Waals surface area contributed by atoms with Gasteiger partial charge < -0.3 is 9.73 Å². The molecule has 1 unspecified atom stereocenters. The predicted molar refractivity (Wildman–Crippen MR) is 184 cm³/mol. The third-order valence-corrected chi connectivity index (χ3v) is 9.21. The molecule has 1 aliphatic rings. The minimum Gasteiger partial charge on any atom is -0.456 e. The normalized spacial score (nSPS) is 12.9. The summed E-state index contributed by atoms with van der Waals surface area (Å²) < 4.78 is 6.69. The number of fused-ring (bicyclic) bond motifs is 6. The van der Waals surface area contributed by atoms with Crippen LogP contribution < -0.4 is 5.32 Å². The second kappa shape index (κ2) is 10.0. The Morgan fingerprint density at radius 1 is 0.511 bits per heavy atom. The van der Waals surface area contributed by atoms with E-state index >= 15 is 0 Å². The van der Waals surface area contributed by atoms with Crippen molar-refractivity contribution < 1.29 is 4.42 Å². The Hall–Kier alpha value is -6.04. The maximum atomic E-state index is 6.69. The Bertz CT molecular complexity index is 2280. The third kappa shape index (κ3) is 3.85. The van der Waals surface area contributed by atoms with Crippen molar-refractivity contribution in [3.05, 3.63) is 192 Å². The van der Waals surface area contributed by atoms with Gasteiger partial charge in [-0.1, -0.05) is 127 Å². The number of nitrogens with one attached hydrogen (secondary N) is 1. The molecule has 8 aromatic rings. The van der Waals surface area contributed by atoms with Crippen molar-refractivity contribution in [1.82, 2.24) is 0 Å². The molecule has 2 nitrogen and oxygen atoms in total. The van der Waals surface area contributed by atoms with Crippen molar-refractivity contribution in [3.63, 3.8) is 0 Å². The van der Waals surface area contributed by atoms with Gasteiger partial charge >= 0.3 is 0 Å². The van der Waals surface area contributed by atoms with E-state index in [9.17, 15) is 0 Å². The van der Waals surface area contributed by atoms with Crippen molar-refractivity contribution in [3.8, 4) is 22.3 Å². The fourth-order valence-corrected chi connectivity index (χ4v) is 7.23. The molecule has 0 saturated carbocycles. The lowest BCUT2D eigenvalue weighted by Crippen LogP contribution is -2.28. The summed E-state index contributed by atoms with van der Waals surface area (Å²) in [6, 6.07) is 62.4. The number of anilines is 2. The first-order valence-electron chi connectivity index (χ1n) is 15.3. The summed E-state index contributed by atoms with van der Waals surface area (Å²) in [6.45, 7) is 0. The molecule has 1 heterocycles. The van der Waals surface area contributed by atoms with Crippen LogP contribution in [0.1, 0.15) is 22.3 Å². The van der Waals surface area contributed by atoms with Crippen molar-refractivity contribution in [2.45, 2.75) is 5.41 Å². The molecule has 1 aliphatic carbocycles. The highest BCUT2D eigenvalue weighted by Crippen LogP contribution is 2.57. The first-order chi connectivity index (χ1) is 22.3. The van der Waals surface area contributed by atoms with Crippen LogP contribution >= 0.6 is 0 Å². The van der Waals surface area contributed by atoms with Crippen LogP contribution in [0.3, 0.4) is 0 Å². The summed E-state index contributed by atoms with van der Waals surface area (Å²) in [5, 5.41) is 5.86. The van der Waals surface area contributed by atoms with E-state index in [0.29, 0.717) is 0 Å². The second-order valence-corrected chi connectivity index (χ2v) is 11.6. The smallest absolute Gasteiger partial charge is 0.140 e. The van der Waals surface area contributed by atoms with Crippen molar-refractivity contribution in [1.29, 1.82) is 0 Å². The van der Waals surface area contributed by atoms with Gasteiger partial charge in [0.1, 0.15) is 11.2 Å². The highest BCUT2D eigenvalue weighted by molar-refractivity contribution is 6.07. The molecular formula is C43H27NO. The standard InChI is InChI=1S/C43H27NO/c1-2-11-29(12-3-1)30-21-25-32(26-22-30)44-33-27-23-31(24-28-33)43(38-17-7-4-13-34(38)35-14-5-8-18-39(35)43)40-19-10-16-37-36-15-6-9-20-41(36)45-42(37)40/h1-4,6-13,15-28,44H. The average molecular weight is 574 g/mol. The molecule has 0 amide bonds. The van der Waals surface area contributed by atoms with Crippen LogP contribution in [0.4, 0.5) is 11.4 Å². The molecule has 0 radical (unpaired) electrons. The maximum Gasteiger partial charge on any atom is 0.140 e. The van der Waals surface area contributed by atoms with E-state index in [1.807, 2.05) is 18.2 Å². The van der Waals surface area contributed by atoms with E-state index in [4.69, 9.17) is 4.42 Å². The SMILES string of the molecule is c1ccc2c(c#1)-c1ccccc1C2(c1ccc(Nc2ccc(-c3ccccc3)cc2)cc1)c1cccc2c1oc1ccccc12. The van der Waals surface area contributed by atoms with Gasteiger partial charge in [-0.3, -0.25) is 0 Å². The van der Waals surface area contributed by atoms with Crippen LogP contribution in [0, 0.1) is 12.1 Å². The number of furan rings is 1. The monoisotopic (exact) mass is 573 g/mol. The molecule has 0 aliphatic heterocycles. The lowest BCUT2D eigenvalue weighted by Gasteiger charge is -2.33. The Kier molecular flexibility index (Phi) is 5.67. The van der Waals surface area contributed by atoms with Crippen molar-refractivity contribution in [2.75, 3.05) is 5.32 Å². The predicted octanol–water partition coefficient (Wildman–Crippen LogP) is 11.0. The molecule has 45 heavy (non-hydrogen) atoms. The molecule has 1 N–H and O–H groups in total. The minimum atomic E-state index is -0.596. The fraction of sp³-hybridized carbons (Fsp3) is 0.0233. The summed E-state index contributed by atoms with van der Waals surface area (Å²) in [4.78, 5) is 0. The van der Waals surface area contributed by atoms with Gasteiger partial charge in [0.2, 0.25) is 0 Å². The summed E-state index contributed by atoms with van der Waals surface area (Å²) in [7, 11) is 0. The van der Waals surface area contributed by atoms with Gasteiger partial charge in [0.15, 0.2) is 0 Å². The summed E-state index contributed by atoms with van der Waals surface area (Å²) in [6.07, 6.45) is 0. The second-order valence-electron chi connectivity index (χ2n) is 11.6. The molecule has 7 aromatic carbocycles. The van der Waals surface area contributed by atoms with Gasteiger partial charge in [-0.25, -0.2) is 0 Å². The molecule has 9 rings (SSSR count). The zero-order valence-corrected chi connectivity index (χ0v) is 24.4. The Balaban J connectivity index is 1.20. The van der Waals surface area contributed by atoms with Gasteiger partial charge in [0.25, 0.3) is 0 Å². The van der Waals surface area contributed by atoms with Crippen LogP contribution in [0.15, 0.2) is 162 Å². The van der Waals surface area contributed by atoms with Gasteiger partial charge in [0.05, 0.1) is 5.41 Å². The molecule has 2 heteroatoms. The number of rotatable bonds is 5. The molecule has 0 spiro atoms. The third-order valence-electron chi connectivity index (χ3n) is 9.21. The van der Waals surface area contributed by atoms with E-state index in [2.05, 4.69) is 157 Å². The average Bonchev–Trinajstić information content (AvgIpc) is 3.64. The van der Waals surface area contributed by atoms with Gasteiger partial charge in [-0.2, -0.15) is 0 Å². The van der Waals surface area contributed by atoms with Crippen LogP contribution in [-0.2, 0) is 5.41 Å². The van der Waals surface area contributed by atoms with Crippen LogP contribution in [-0.4, -0.2) is 0 Å². The van der Waals surface area contributed by atoms with E-state index < -0.39 is 5.41 Å². The summed E-state index contributed by atoms with van der Waals surface area (Å²) in [5.74, 6) is 0. The quantitative estimate of drug-likeness (QED) is 0.222. The van der Waals surface area contributed by atoms with Crippen molar-refractivity contribution in [2.24, 2.45) is 0 Å². The van der Waals surface area contributed by atoms with E-state index in [0.717, 1.165) is 44.4 Å². The van der Waals surface area contributed by atoms with E-state index in [1.54, 1.807) is 0 Å². The summed E-state index contributed by atoms with van der Waals surface area (Å²) >= 11 is 0. The maximum absolute atomic E-state index is 6.69. The van der Waals surface area contributed by atoms with Gasteiger partial charge in [-0.05, 0) is 75.8 Å². The molecule has 210 valence electrons. The lowest BCUT2D eigenvalue weighted by molar-refractivity contribution is 0.648. The Morgan fingerprint density at radius 3 is 2.02 bits per heavy atom. The fourth-order valence-electron chi connectivity index (χ4n) is 7.23. The molecule has 0 bridgehead atoms. The van der Waals surface area contributed by atoms with Crippen LogP contribution in [0.2, 0.25) is 0 Å². The molecule has 1 atom stereocenters. The zero-order chi connectivity index (χ0) is 29.8. The van der Waals surface area contributed by atoms with E-state index in [1.165, 1.54) is 33.4 Å². The number of benzene rings is 6. The topological polar surface area (TPSA) is 25.2 Å².